The van der Waals surface area contributed by atoms with Gasteiger partial charge in [-0.1, -0.05) is 42.2 Å². The van der Waals surface area contributed by atoms with Crippen molar-refractivity contribution in [2.24, 2.45) is 0 Å². The lowest BCUT2D eigenvalue weighted by Crippen LogP contribution is -2.47. The minimum Gasteiger partial charge on any atom is -0.444 e. The first kappa shape index (κ1) is 20.2. The molecule has 1 aliphatic rings. The molecule has 142 valence electrons. The second-order valence-corrected chi connectivity index (χ2v) is 7.27. The summed E-state index contributed by atoms with van der Waals surface area (Å²) < 4.78 is 16.3. The van der Waals surface area contributed by atoms with Gasteiger partial charge in [-0.15, -0.1) is 0 Å². The number of nitrogens with zero attached hydrogens (tertiary/aromatic N) is 1. The fraction of sp³-hybridized carbons (Fsp3) is 0.550. The molecule has 1 atom stereocenters. The topological polar surface area (TPSA) is 68.2 Å². The molecule has 0 radical (unpaired) electrons. The minimum absolute atomic E-state index is 0.0353. The van der Waals surface area contributed by atoms with Gasteiger partial charge in [0.25, 0.3) is 0 Å². The maximum atomic E-state index is 12.3. The number of carbonyl (C=O) groups is 1. The highest BCUT2D eigenvalue weighted by molar-refractivity contribution is 5.68. The molecule has 0 bridgehead atoms. The number of aliphatic hydroxyl groups is 1. The summed E-state index contributed by atoms with van der Waals surface area (Å²) in [4.78, 5) is 13.7. The van der Waals surface area contributed by atoms with E-state index < -0.39 is 17.3 Å². The number of ether oxygens (including phenoxy) is 3. The van der Waals surface area contributed by atoms with Crippen molar-refractivity contribution in [3.8, 4) is 11.8 Å². The molecule has 0 saturated carbocycles. The molecule has 26 heavy (non-hydrogen) atoms. The van der Waals surface area contributed by atoms with Crippen molar-refractivity contribution >= 4 is 6.09 Å². The van der Waals surface area contributed by atoms with E-state index in [1.165, 1.54) is 4.90 Å². The first-order chi connectivity index (χ1) is 12.3. The van der Waals surface area contributed by atoms with E-state index in [-0.39, 0.29) is 19.8 Å². The Bertz CT molecular complexity index is 644. The zero-order chi connectivity index (χ0) is 19.0. The molecule has 2 rings (SSSR count). The standard InChI is InChI=1S/C20H27NO5/c1-19(2,3)26-18(22)21-11-13-25-16-20(23,15-21)10-7-12-24-14-17-8-5-4-6-9-17/h4-6,8-9,23H,11-16H2,1-3H3. The lowest BCUT2D eigenvalue weighted by molar-refractivity contribution is -0.00335. The molecule has 1 aromatic rings. The molecule has 6 heteroatoms. The lowest BCUT2D eigenvalue weighted by atomic mass is 10.1. The third-order valence-corrected chi connectivity index (χ3v) is 3.56. The van der Waals surface area contributed by atoms with Gasteiger partial charge in [-0.3, -0.25) is 0 Å². The number of benzene rings is 1. The molecule has 0 aromatic heterocycles. The van der Waals surface area contributed by atoms with Gasteiger partial charge in [0.1, 0.15) is 12.2 Å². The molecule has 1 aliphatic heterocycles. The van der Waals surface area contributed by atoms with Crippen LogP contribution in [0.15, 0.2) is 30.3 Å². The van der Waals surface area contributed by atoms with E-state index in [1.54, 1.807) is 20.8 Å². The monoisotopic (exact) mass is 361 g/mol. The molecule has 1 unspecified atom stereocenters. The van der Waals surface area contributed by atoms with Gasteiger partial charge < -0.3 is 24.2 Å². The fourth-order valence-corrected chi connectivity index (χ4v) is 2.41. The highest BCUT2D eigenvalue weighted by Crippen LogP contribution is 2.16. The first-order valence-electron chi connectivity index (χ1n) is 8.67. The summed E-state index contributed by atoms with van der Waals surface area (Å²) in [5, 5.41) is 10.7. The lowest BCUT2D eigenvalue weighted by Gasteiger charge is -2.29. The van der Waals surface area contributed by atoms with Gasteiger partial charge in [-0.2, -0.15) is 0 Å². The van der Waals surface area contributed by atoms with Crippen LogP contribution in [0.1, 0.15) is 26.3 Å². The smallest absolute Gasteiger partial charge is 0.410 e. The van der Waals surface area contributed by atoms with Gasteiger partial charge in [-0.25, -0.2) is 4.79 Å². The van der Waals surface area contributed by atoms with Crippen LogP contribution in [-0.4, -0.2) is 60.2 Å². The SMILES string of the molecule is CC(C)(C)OC(=O)N1CCOCC(O)(C#CCOCc2ccccc2)C1. The summed E-state index contributed by atoms with van der Waals surface area (Å²) in [7, 11) is 0. The maximum Gasteiger partial charge on any atom is 0.410 e. The van der Waals surface area contributed by atoms with E-state index in [2.05, 4.69) is 11.8 Å². The second-order valence-electron chi connectivity index (χ2n) is 7.27. The second kappa shape index (κ2) is 9.04. The van der Waals surface area contributed by atoms with E-state index in [0.717, 1.165) is 5.56 Å². The molecule has 6 nitrogen and oxygen atoms in total. The molecular formula is C20H27NO5. The molecule has 1 amide bonds. The Hall–Kier alpha value is -2.07. The van der Waals surface area contributed by atoms with Crippen LogP contribution in [0, 0.1) is 11.8 Å². The highest BCUT2D eigenvalue weighted by Gasteiger charge is 2.34. The molecule has 0 spiro atoms. The fourth-order valence-electron chi connectivity index (χ4n) is 2.41. The first-order valence-corrected chi connectivity index (χ1v) is 8.67. The van der Waals surface area contributed by atoms with E-state index in [1.807, 2.05) is 30.3 Å². The van der Waals surface area contributed by atoms with Crippen LogP contribution in [0.3, 0.4) is 0 Å². The van der Waals surface area contributed by atoms with Crippen molar-refractivity contribution in [1.29, 1.82) is 0 Å². The summed E-state index contributed by atoms with van der Waals surface area (Å²) >= 11 is 0. The minimum atomic E-state index is -1.44. The molecule has 1 N–H and O–H groups in total. The quantitative estimate of drug-likeness (QED) is 0.660. The number of carbonyl (C=O) groups excluding carboxylic acids is 1. The van der Waals surface area contributed by atoms with Crippen molar-refractivity contribution in [2.45, 2.75) is 38.6 Å². The zero-order valence-electron chi connectivity index (χ0n) is 15.7. The predicted octanol–water partition coefficient (Wildman–Crippen LogP) is 2.21. The largest absolute Gasteiger partial charge is 0.444 e. The van der Waals surface area contributed by atoms with Crippen molar-refractivity contribution in [2.75, 3.05) is 32.9 Å². The van der Waals surface area contributed by atoms with Crippen molar-refractivity contribution in [3.63, 3.8) is 0 Å². The van der Waals surface area contributed by atoms with Gasteiger partial charge in [-0.05, 0) is 26.3 Å². The van der Waals surface area contributed by atoms with Crippen LogP contribution in [0.4, 0.5) is 4.79 Å². The molecule has 1 saturated heterocycles. The Morgan fingerprint density at radius 1 is 1.35 bits per heavy atom. The summed E-state index contributed by atoms with van der Waals surface area (Å²) in [6.07, 6.45) is -0.483. The van der Waals surface area contributed by atoms with Crippen LogP contribution >= 0.6 is 0 Å². The summed E-state index contributed by atoms with van der Waals surface area (Å²) in [6.45, 7) is 6.79. The average Bonchev–Trinajstić information content (AvgIpc) is 2.76. The van der Waals surface area contributed by atoms with Gasteiger partial charge in [0, 0.05) is 6.54 Å². The predicted molar refractivity (Wildman–Crippen MR) is 97.4 cm³/mol. The Morgan fingerprint density at radius 3 is 2.77 bits per heavy atom. The van der Waals surface area contributed by atoms with Crippen molar-refractivity contribution < 1.29 is 24.1 Å². The van der Waals surface area contributed by atoms with Crippen LogP contribution in [-0.2, 0) is 20.8 Å². The third kappa shape index (κ3) is 7.04. The van der Waals surface area contributed by atoms with Crippen molar-refractivity contribution in [3.05, 3.63) is 35.9 Å². The van der Waals surface area contributed by atoms with Gasteiger partial charge >= 0.3 is 6.09 Å². The summed E-state index contributed by atoms with van der Waals surface area (Å²) in [5.41, 5.74) is -0.982. The number of rotatable bonds is 3. The Balaban J connectivity index is 1.89. The number of hydrogen-bond donors (Lipinski definition) is 1. The molecule has 1 fully saturated rings. The molecule has 0 aliphatic carbocycles. The van der Waals surface area contributed by atoms with Crippen LogP contribution < -0.4 is 0 Å². The number of amides is 1. The van der Waals surface area contributed by atoms with E-state index in [9.17, 15) is 9.90 Å². The average molecular weight is 361 g/mol. The van der Waals surface area contributed by atoms with Gasteiger partial charge in [0.05, 0.1) is 26.4 Å². The van der Waals surface area contributed by atoms with E-state index >= 15 is 0 Å². The van der Waals surface area contributed by atoms with Crippen LogP contribution in [0.25, 0.3) is 0 Å². The summed E-state index contributed by atoms with van der Waals surface area (Å²) in [5.74, 6) is 5.60. The highest BCUT2D eigenvalue weighted by atomic mass is 16.6. The zero-order valence-corrected chi connectivity index (χ0v) is 15.7. The number of β-amino-alcohol motifs (C(OH)–C–C–N with tert-alkyl or cyclic N) is 1. The van der Waals surface area contributed by atoms with Crippen LogP contribution in [0.2, 0.25) is 0 Å². The summed E-state index contributed by atoms with van der Waals surface area (Å²) in [6, 6.07) is 9.78. The van der Waals surface area contributed by atoms with Crippen LogP contribution in [0.5, 0.6) is 0 Å². The normalized spacial score (nSPS) is 20.7. The Kier molecular flexibility index (Phi) is 7.04. The van der Waals surface area contributed by atoms with Gasteiger partial charge in [0.2, 0.25) is 0 Å². The molecule has 1 aromatic carbocycles. The van der Waals surface area contributed by atoms with Gasteiger partial charge in [0.15, 0.2) is 5.60 Å². The van der Waals surface area contributed by atoms with E-state index in [0.29, 0.717) is 19.8 Å². The van der Waals surface area contributed by atoms with Crippen molar-refractivity contribution in [1.82, 2.24) is 4.90 Å². The van der Waals surface area contributed by atoms with E-state index in [4.69, 9.17) is 14.2 Å². The molecular weight excluding hydrogens is 334 g/mol. The Labute approximate surface area is 155 Å². The Morgan fingerprint density at radius 2 is 2.08 bits per heavy atom. The molecule has 1 heterocycles. The maximum absolute atomic E-state index is 12.3. The number of hydrogen-bond acceptors (Lipinski definition) is 5. The third-order valence-electron chi connectivity index (χ3n) is 3.56.